The summed E-state index contributed by atoms with van der Waals surface area (Å²) in [6.07, 6.45) is 3.32. The van der Waals surface area contributed by atoms with Crippen LogP contribution in [0.4, 0.5) is 0 Å². The minimum absolute atomic E-state index is 0.222. The van der Waals surface area contributed by atoms with Gasteiger partial charge in [-0.3, -0.25) is 5.32 Å². The molecule has 0 radical (unpaired) electrons. The molecular weight excluding hydrogens is 196 g/mol. The first kappa shape index (κ1) is 20.9. The standard InChI is InChI=1S/C5H8N2.C3H8.3C2H6/c1-5-4(2-6-5)3-7-5;1-3-2;3*1-2/h2,6-7H,3H2,1H3;3H2,1-2H3;3*1-2H3/t5-;;;;/m0..../s1. The van der Waals surface area contributed by atoms with Crippen LogP contribution in [0.5, 0.6) is 0 Å². The van der Waals surface area contributed by atoms with Gasteiger partial charge in [0.05, 0.1) is 0 Å². The zero-order chi connectivity index (χ0) is 13.6. The lowest BCUT2D eigenvalue weighted by Gasteiger charge is -2.50. The van der Waals surface area contributed by atoms with Crippen molar-refractivity contribution in [1.82, 2.24) is 10.6 Å². The van der Waals surface area contributed by atoms with E-state index in [0.717, 1.165) is 6.54 Å². The van der Waals surface area contributed by atoms with Crippen LogP contribution in [0.3, 0.4) is 0 Å². The molecule has 2 heteroatoms. The molecule has 1 fully saturated rings. The van der Waals surface area contributed by atoms with Crippen LogP contribution in [0.2, 0.25) is 0 Å². The molecule has 0 unspecified atom stereocenters. The van der Waals surface area contributed by atoms with Gasteiger partial charge in [0, 0.05) is 12.7 Å². The summed E-state index contributed by atoms with van der Waals surface area (Å²) in [6.45, 7) is 19.5. The predicted molar refractivity (Wildman–Crippen MR) is 77.6 cm³/mol. The Balaban J connectivity index is -0.000000163. The second-order valence-corrected chi connectivity index (χ2v) is 3.00. The molecule has 2 nitrogen and oxygen atoms in total. The summed E-state index contributed by atoms with van der Waals surface area (Å²) in [5.74, 6) is 0. The quantitative estimate of drug-likeness (QED) is 0.649. The van der Waals surface area contributed by atoms with E-state index >= 15 is 0 Å². The Bertz CT molecular complexity index is 153. The van der Waals surface area contributed by atoms with E-state index in [1.807, 2.05) is 41.5 Å². The SMILES string of the molecule is CC.CC.CC.CCC.C[C@@]12NC=C1CN2. The van der Waals surface area contributed by atoms with Gasteiger partial charge in [0.2, 0.25) is 0 Å². The fourth-order valence-electron chi connectivity index (χ4n) is 0.948. The first-order valence-corrected chi connectivity index (χ1v) is 6.95. The molecule has 1 atom stereocenters. The normalized spacial score (nSPS) is 21.7. The highest BCUT2D eigenvalue weighted by Gasteiger charge is 2.41. The first-order chi connectivity index (χ1) is 7.73. The van der Waals surface area contributed by atoms with Crippen molar-refractivity contribution >= 4 is 0 Å². The lowest BCUT2D eigenvalue weighted by atomic mass is 9.88. The van der Waals surface area contributed by atoms with Crippen LogP contribution in [0.15, 0.2) is 11.8 Å². The highest BCUT2D eigenvalue weighted by molar-refractivity contribution is 5.36. The first-order valence-electron chi connectivity index (χ1n) is 6.95. The smallest absolute Gasteiger partial charge is 0.110 e. The zero-order valence-electron chi connectivity index (χ0n) is 13.0. The van der Waals surface area contributed by atoms with E-state index in [2.05, 4.69) is 37.6 Å². The Labute approximate surface area is 104 Å². The molecule has 0 aromatic rings. The topological polar surface area (TPSA) is 24.1 Å². The van der Waals surface area contributed by atoms with Crippen LogP contribution < -0.4 is 10.6 Å². The average Bonchev–Trinajstić information content (AvgIpc) is 2.37. The molecular formula is C14H34N2. The maximum Gasteiger partial charge on any atom is 0.110 e. The molecule has 100 valence electrons. The zero-order valence-corrected chi connectivity index (χ0v) is 13.0. The molecule has 0 aliphatic carbocycles. The average molecular weight is 230 g/mol. The Hall–Kier alpha value is -0.500. The van der Waals surface area contributed by atoms with E-state index in [1.165, 1.54) is 12.0 Å². The van der Waals surface area contributed by atoms with E-state index in [1.54, 1.807) is 0 Å². The lowest BCUT2D eigenvalue weighted by Crippen LogP contribution is -2.70. The third kappa shape index (κ3) is 6.89. The van der Waals surface area contributed by atoms with Crippen molar-refractivity contribution in [2.75, 3.05) is 6.54 Å². The van der Waals surface area contributed by atoms with Gasteiger partial charge in [0.1, 0.15) is 5.66 Å². The fourth-order valence-corrected chi connectivity index (χ4v) is 0.948. The summed E-state index contributed by atoms with van der Waals surface area (Å²) in [6, 6.07) is 0. The molecule has 2 aliphatic rings. The molecule has 0 bridgehead atoms. The monoisotopic (exact) mass is 230 g/mol. The Morgan fingerprint density at radius 2 is 1.38 bits per heavy atom. The summed E-state index contributed by atoms with van der Waals surface area (Å²) in [7, 11) is 0. The maximum absolute atomic E-state index is 3.24. The molecule has 0 aromatic heterocycles. The van der Waals surface area contributed by atoms with Gasteiger partial charge in [-0.2, -0.15) is 0 Å². The number of hydrogen-bond donors (Lipinski definition) is 2. The summed E-state index contributed by atoms with van der Waals surface area (Å²) in [4.78, 5) is 0. The summed E-state index contributed by atoms with van der Waals surface area (Å²) >= 11 is 0. The highest BCUT2D eigenvalue weighted by Crippen LogP contribution is 2.27. The molecule has 0 spiro atoms. The van der Waals surface area contributed by atoms with Crippen LogP contribution in [0.25, 0.3) is 0 Å². The lowest BCUT2D eigenvalue weighted by molar-refractivity contribution is 0.253. The van der Waals surface area contributed by atoms with E-state index in [-0.39, 0.29) is 5.66 Å². The van der Waals surface area contributed by atoms with Gasteiger partial charge in [-0.15, -0.1) is 0 Å². The Kier molecular flexibility index (Phi) is 18.9. The van der Waals surface area contributed by atoms with E-state index in [0.29, 0.717) is 0 Å². The van der Waals surface area contributed by atoms with Crippen molar-refractivity contribution < 1.29 is 0 Å². The molecule has 0 aromatic carbocycles. The van der Waals surface area contributed by atoms with Crippen LogP contribution in [-0.2, 0) is 0 Å². The molecule has 0 saturated carbocycles. The summed E-state index contributed by atoms with van der Waals surface area (Å²) < 4.78 is 0. The minimum Gasteiger partial charge on any atom is -0.370 e. The van der Waals surface area contributed by atoms with E-state index < -0.39 is 0 Å². The maximum atomic E-state index is 3.24. The van der Waals surface area contributed by atoms with Crippen LogP contribution in [0, 0.1) is 0 Å². The van der Waals surface area contributed by atoms with Crippen molar-refractivity contribution in [3.8, 4) is 0 Å². The summed E-state index contributed by atoms with van der Waals surface area (Å²) in [5.41, 5.74) is 1.73. The van der Waals surface area contributed by atoms with Crippen molar-refractivity contribution in [3.63, 3.8) is 0 Å². The minimum atomic E-state index is 0.222. The summed E-state index contributed by atoms with van der Waals surface area (Å²) in [5, 5.41) is 6.39. The van der Waals surface area contributed by atoms with Gasteiger partial charge >= 0.3 is 0 Å². The van der Waals surface area contributed by atoms with E-state index in [9.17, 15) is 0 Å². The Morgan fingerprint density at radius 1 is 1.06 bits per heavy atom. The fraction of sp³-hybridized carbons (Fsp3) is 0.857. The third-order valence-electron chi connectivity index (χ3n) is 1.81. The molecule has 16 heavy (non-hydrogen) atoms. The molecule has 0 amide bonds. The van der Waals surface area contributed by atoms with Gasteiger partial charge in [0.15, 0.2) is 0 Å². The van der Waals surface area contributed by atoms with Crippen molar-refractivity contribution in [2.45, 2.75) is 74.4 Å². The predicted octanol–water partition coefficient (Wildman–Crippen LogP) is 4.29. The molecule has 2 heterocycles. The van der Waals surface area contributed by atoms with Gasteiger partial charge in [-0.25, -0.2) is 0 Å². The molecule has 2 aliphatic heterocycles. The van der Waals surface area contributed by atoms with Crippen LogP contribution >= 0.6 is 0 Å². The van der Waals surface area contributed by atoms with Crippen molar-refractivity contribution in [3.05, 3.63) is 11.8 Å². The number of rotatable bonds is 0. The molecule has 1 saturated heterocycles. The third-order valence-corrected chi connectivity index (χ3v) is 1.81. The van der Waals surface area contributed by atoms with Gasteiger partial charge in [-0.05, 0) is 12.5 Å². The molecule has 2 N–H and O–H groups in total. The van der Waals surface area contributed by atoms with Gasteiger partial charge in [-0.1, -0.05) is 61.8 Å². The number of fused-ring (bicyclic) bond motifs is 1. The second kappa shape index (κ2) is 14.5. The number of nitrogens with one attached hydrogen (secondary N) is 2. The molecule has 2 rings (SSSR count). The van der Waals surface area contributed by atoms with Crippen molar-refractivity contribution in [1.29, 1.82) is 0 Å². The second-order valence-electron chi connectivity index (χ2n) is 3.00. The van der Waals surface area contributed by atoms with Gasteiger partial charge in [0.25, 0.3) is 0 Å². The number of hydrogen-bond acceptors (Lipinski definition) is 2. The van der Waals surface area contributed by atoms with E-state index in [4.69, 9.17) is 0 Å². The van der Waals surface area contributed by atoms with Crippen LogP contribution in [-0.4, -0.2) is 12.2 Å². The van der Waals surface area contributed by atoms with Crippen molar-refractivity contribution in [2.24, 2.45) is 0 Å². The highest BCUT2D eigenvalue weighted by atomic mass is 15.3. The van der Waals surface area contributed by atoms with Crippen LogP contribution in [0.1, 0.15) is 68.7 Å². The largest absolute Gasteiger partial charge is 0.370 e. The van der Waals surface area contributed by atoms with Gasteiger partial charge < -0.3 is 5.32 Å². The Morgan fingerprint density at radius 3 is 1.38 bits per heavy atom.